The molecule has 0 bridgehead atoms. The number of benzene rings is 2. The van der Waals surface area contributed by atoms with Gasteiger partial charge in [-0.2, -0.15) is 0 Å². The van der Waals surface area contributed by atoms with Crippen molar-refractivity contribution in [1.82, 2.24) is 5.32 Å². The van der Waals surface area contributed by atoms with Gasteiger partial charge in [0.05, 0.1) is 13.1 Å². The van der Waals surface area contributed by atoms with Crippen molar-refractivity contribution in [3.05, 3.63) is 69.7 Å². The van der Waals surface area contributed by atoms with Crippen molar-refractivity contribution in [1.29, 1.82) is 0 Å². The van der Waals surface area contributed by atoms with Crippen LogP contribution in [0.15, 0.2) is 53.0 Å². The zero-order chi connectivity index (χ0) is 16.1. The molecule has 1 aliphatic heterocycles. The third-order valence-corrected chi connectivity index (χ3v) is 4.82. The van der Waals surface area contributed by atoms with E-state index < -0.39 is 0 Å². The van der Waals surface area contributed by atoms with Crippen LogP contribution in [0.5, 0.6) is 0 Å². The fourth-order valence-electron chi connectivity index (χ4n) is 3.03. The van der Waals surface area contributed by atoms with Gasteiger partial charge in [0, 0.05) is 35.0 Å². The van der Waals surface area contributed by atoms with Crippen molar-refractivity contribution in [2.75, 3.05) is 13.1 Å². The lowest BCUT2D eigenvalue weighted by atomic mass is 10.1. The van der Waals surface area contributed by atoms with Crippen LogP contribution < -0.4 is 10.2 Å². The van der Waals surface area contributed by atoms with E-state index in [2.05, 4.69) is 45.5 Å². The number of hydrogen-bond acceptors (Lipinski definition) is 1. The van der Waals surface area contributed by atoms with Gasteiger partial charge in [-0.05, 0) is 23.8 Å². The number of carbonyl (C=O) groups is 1. The van der Waals surface area contributed by atoms with Gasteiger partial charge in [0.15, 0.2) is 0 Å². The second-order valence-electron chi connectivity index (χ2n) is 6.14. The highest BCUT2D eigenvalue weighted by molar-refractivity contribution is 9.10. The second kappa shape index (κ2) is 7.75. The third kappa shape index (κ3) is 4.66. The number of rotatable bonds is 5. The SMILES string of the molecule is O=C(NCc1ccc(C[NH+]2CCCC2)cc1)c1cccc(Br)c1. The van der Waals surface area contributed by atoms with Gasteiger partial charge in [-0.15, -0.1) is 0 Å². The summed E-state index contributed by atoms with van der Waals surface area (Å²) in [6, 6.07) is 16.0. The second-order valence-corrected chi connectivity index (χ2v) is 7.06. The number of amides is 1. The average molecular weight is 374 g/mol. The molecule has 2 aromatic carbocycles. The van der Waals surface area contributed by atoms with Gasteiger partial charge in [0.25, 0.3) is 5.91 Å². The molecule has 1 aliphatic rings. The average Bonchev–Trinajstić information content (AvgIpc) is 3.07. The summed E-state index contributed by atoms with van der Waals surface area (Å²) in [4.78, 5) is 13.8. The van der Waals surface area contributed by atoms with E-state index in [0.29, 0.717) is 12.1 Å². The molecule has 0 aromatic heterocycles. The molecule has 4 heteroatoms. The van der Waals surface area contributed by atoms with Crippen LogP contribution in [0, 0.1) is 0 Å². The van der Waals surface area contributed by atoms with E-state index >= 15 is 0 Å². The predicted molar refractivity (Wildman–Crippen MR) is 95.4 cm³/mol. The first-order valence-electron chi connectivity index (χ1n) is 8.16. The molecule has 0 atom stereocenters. The van der Waals surface area contributed by atoms with Crippen LogP contribution in [-0.2, 0) is 13.1 Å². The maximum Gasteiger partial charge on any atom is 0.251 e. The van der Waals surface area contributed by atoms with Crippen molar-refractivity contribution in [3.8, 4) is 0 Å². The van der Waals surface area contributed by atoms with Crippen molar-refractivity contribution >= 4 is 21.8 Å². The zero-order valence-corrected chi connectivity index (χ0v) is 14.7. The van der Waals surface area contributed by atoms with Crippen LogP contribution in [0.2, 0.25) is 0 Å². The molecule has 1 amide bonds. The molecule has 3 rings (SSSR count). The van der Waals surface area contributed by atoms with E-state index in [4.69, 9.17) is 0 Å². The lowest BCUT2D eigenvalue weighted by molar-refractivity contribution is -0.901. The monoisotopic (exact) mass is 373 g/mol. The lowest BCUT2D eigenvalue weighted by Crippen LogP contribution is -3.08. The summed E-state index contributed by atoms with van der Waals surface area (Å²) in [5.74, 6) is -0.0445. The first-order valence-corrected chi connectivity index (χ1v) is 8.95. The molecule has 2 aromatic rings. The normalized spacial score (nSPS) is 14.8. The fraction of sp³-hybridized carbons (Fsp3) is 0.316. The van der Waals surface area contributed by atoms with Gasteiger partial charge in [0.2, 0.25) is 0 Å². The van der Waals surface area contributed by atoms with Gasteiger partial charge in [-0.3, -0.25) is 4.79 Å². The van der Waals surface area contributed by atoms with E-state index in [9.17, 15) is 4.79 Å². The molecule has 1 fully saturated rings. The van der Waals surface area contributed by atoms with E-state index in [1.54, 1.807) is 4.90 Å². The number of nitrogens with one attached hydrogen (secondary N) is 2. The largest absolute Gasteiger partial charge is 0.348 e. The molecule has 0 spiro atoms. The van der Waals surface area contributed by atoms with Gasteiger partial charge in [-0.25, -0.2) is 0 Å². The summed E-state index contributed by atoms with van der Waals surface area (Å²) in [7, 11) is 0. The smallest absolute Gasteiger partial charge is 0.251 e. The number of quaternary nitrogens is 1. The highest BCUT2D eigenvalue weighted by Gasteiger charge is 2.15. The minimum absolute atomic E-state index is 0.0445. The Balaban J connectivity index is 1.52. The molecular formula is C19H22BrN2O+. The Hall–Kier alpha value is -1.65. The topological polar surface area (TPSA) is 33.5 Å². The fourth-order valence-corrected chi connectivity index (χ4v) is 3.43. The molecule has 1 saturated heterocycles. The first kappa shape index (κ1) is 16.2. The van der Waals surface area contributed by atoms with E-state index in [0.717, 1.165) is 16.6 Å². The summed E-state index contributed by atoms with van der Waals surface area (Å²) in [6.45, 7) is 4.27. The molecule has 23 heavy (non-hydrogen) atoms. The summed E-state index contributed by atoms with van der Waals surface area (Å²) < 4.78 is 0.916. The summed E-state index contributed by atoms with van der Waals surface area (Å²) in [6.07, 6.45) is 2.71. The zero-order valence-electron chi connectivity index (χ0n) is 13.1. The lowest BCUT2D eigenvalue weighted by Gasteiger charge is -2.12. The Morgan fingerprint density at radius 2 is 1.74 bits per heavy atom. The summed E-state index contributed by atoms with van der Waals surface area (Å²) in [5.41, 5.74) is 3.19. The molecule has 120 valence electrons. The Kier molecular flexibility index (Phi) is 5.47. The molecule has 0 unspecified atom stereocenters. The molecule has 0 aliphatic carbocycles. The Morgan fingerprint density at radius 1 is 1.04 bits per heavy atom. The van der Waals surface area contributed by atoms with Gasteiger partial charge in [0.1, 0.15) is 6.54 Å². The number of likely N-dealkylation sites (tertiary alicyclic amines) is 1. The maximum absolute atomic E-state index is 12.1. The number of carbonyl (C=O) groups excluding carboxylic acids is 1. The predicted octanol–water partition coefficient (Wildman–Crippen LogP) is 2.56. The molecule has 2 N–H and O–H groups in total. The first-order chi connectivity index (χ1) is 11.2. The maximum atomic E-state index is 12.1. The van der Waals surface area contributed by atoms with Crippen molar-refractivity contribution in [2.24, 2.45) is 0 Å². The van der Waals surface area contributed by atoms with Crippen LogP contribution in [0.25, 0.3) is 0 Å². The summed E-state index contributed by atoms with van der Waals surface area (Å²) >= 11 is 3.39. The molecule has 1 heterocycles. The Labute approximate surface area is 145 Å². The van der Waals surface area contributed by atoms with Crippen LogP contribution in [0.4, 0.5) is 0 Å². The molecule has 0 saturated carbocycles. The van der Waals surface area contributed by atoms with Gasteiger partial charge >= 0.3 is 0 Å². The van der Waals surface area contributed by atoms with Crippen molar-refractivity contribution in [2.45, 2.75) is 25.9 Å². The third-order valence-electron chi connectivity index (χ3n) is 4.33. The van der Waals surface area contributed by atoms with Crippen molar-refractivity contribution in [3.63, 3.8) is 0 Å². The van der Waals surface area contributed by atoms with Crippen LogP contribution in [-0.4, -0.2) is 19.0 Å². The highest BCUT2D eigenvalue weighted by atomic mass is 79.9. The van der Waals surface area contributed by atoms with Crippen LogP contribution >= 0.6 is 15.9 Å². The number of hydrogen-bond donors (Lipinski definition) is 2. The van der Waals surface area contributed by atoms with Gasteiger partial charge < -0.3 is 10.2 Å². The minimum Gasteiger partial charge on any atom is -0.348 e. The van der Waals surface area contributed by atoms with Crippen LogP contribution in [0.3, 0.4) is 0 Å². The Bertz CT molecular complexity index is 663. The standard InChI is InChI=1S/C19H21BrN2O/c20-18-5-3-4-17(12-18)19(23)21-13-15-6-8-16(9-7-15)14-22-10-1-2-11-22/h3-9,12H,1-2,10-11,13-14H2,(H,21,23)/p+1. The highest BCUT2D eigenvalue weighted by Crippen LogP contribution is 2.12. The van der Waals surface area contributed by atoms with E-state index in [1.165, 1.54) is 31.5 Å². The van der Waals surface area contributed by atoms with E-state index in [1.807, 2.05) is 24.3 Å². The molecule has 0 radical (unpaired) electrons. The van der Waals surface area contributed by atoms with Crippen LogP contribution in [0.1, 0.15) is 34.3 Å². The number of halogens is 1. The van der Waals surface area contributed by atoms with Gasteiger partial charge in [-0.1, -0.05) is 46.3 Å². The Morgan fingerprint density at radius 3 is 2.43 bits per heavy atom. The quantitative estimate of drug-likeness (QED) is 0.829. The minimum atomic E-state index is -0.0445. The molecular weight excluding hydrogens is 352 g/mol. The van der Waals surface area contributed by atoms with E-state index in [-0.39, 0.29) is 5.91 Å². The van der Waals surface area contributed by atoms with Crippen molar-refractivity contribution < 1.29 is 9.69 Å². The summed E-state index contributed by atoms with van der Waals surface area (Å²) in [5, 5.41) is 2.97. The molecule has 3 nitrogen and oxygen atoms in total.